The number of benzene rings is 2. The SMILES string of the molecule is CCCN(CCC)CCCCNCc1ccc(CN(Cc2nc3ccccc3[nH]2)C(=O)c2ncc[nH]2)cc1. The molecule has 0 aliphatic heterocycles. The van der Waals surface area contributed by atoms with Gasteiger partial charge in [-0.2, -0.15) is 0 Å². The number of nitrogens with zero attached hydrogens (tertiary/aromatic N) is 4. The average molecular weight is 516 g/mol. The number of aromatic nitrogens is 4. The van der Waals surface area contributed by atoms with Crippen LogP contribution in [0.5, 0.6) is 0 Å². The number of hydrogen-bond acceptors (Lipinski definition) is 5. The molecular weight excluding hydrogens is 474 g/mol. The molecule has 0 saturated carbocycles. The normalized spacial score (nSPS) is 11.4. The number of hydrogen-bond donors (Lipinski definition) is 3. The number of imidazole rings is 2. The van der Waals surface area contributed by atoms with Crippen molar-refractivity contribution in [3.05, 3.63) is 83.7 Å². The van der Waals surface area contributed by atoms with Gasteiger partial charge in [-0.1, -0.05) is 50.2 Å². The standard InChI is InChI=1S/C30H41N7O/c1-3-18-36(19-4-2)20-8-7-15-31-21-24-11-13-25(14-12-24)22-37(30(38)29-32-16-17-33-29)23-28-34-26-9-5-6-10-27(26)35-28/h5-6,9-14,16-17,31H,3-4,7-8,15,18-23H2,1-2H3,(H,32,33)(H,34,35). The summed E-state index contributed by atoms with van der Waals surface area (Å²) < 4.78 is 0. The average Bonchev–Trinajstić information content (AvgIpc) is 3.61. The summed E-state index contributed by atoms with van der Waals surface area (Å²) in [7, 11) is 0. The van der Waals surface area contributed by atoms with Crippen molar-refractivity contribution in [2.45, 2.75) is 59.2 Å². The first-order valence-corrected chi connectivity index (χ1v) is 13.9. The second-order valence-electron chi connectivity index (χ2n) is 9.84. The van der Waals surface area contributed by atoms with Crippen molar-refractivity contribution >= 4 is 16.9 Å². The molecular formula is C30H41N7O. The Labute approximate surface area is 225 Å². The van der Waals surface area contributed by atoms with Gasteiger partial charge in [0.05, 0.1) is 17.6 Å². The number of nitrogens with one attached hydrogen (secondary N) is 3. The van der Waals surface area contributed by atoms with Crippen molar-refractivity contribution in [3.63, 3.8) is 0 Å². The minimum atomic E-state index is -0.155. The topological polar surface area (TPSA) is 92.9 Å². The summed E-state index contributed by atoms with van der Waals surface area (Å²) >= 11 is 0. The van der Waals surface area contributed by atoms with E-state index < -0.39 is 0 Å². The molecule has 8 nitrogen and oxygen atoms in total. The van der Waals surface area contributed by atoms with E-state index in [-0.39, 0.29) is 5.91 Å². The molecule has 2 aromatic carbocycles. The highest BCUT2D eigenvalue weighted by molar-refractivity contribution is 5.90. The summed E-state index contributed by atoms with van der Waals surface area (Å²) in [5, 5.41) is 3.57. The number of rotatable bonds is 16. The summed E-state index contributed by atoms with van der Waals surface area (Å²) in [6, 6.07) is 16.4. The van der Waals surface area contributed by atoms with Gasteiger partial charge in [0, 0.05) is 25.5 Å². The minimum absolute atomic E-state index is 0.155. The lowest BCUT2D eigenvalue weighted by Gasteiger charge is -2.21. The van der Waals surface area contributed by atoms with Crippen molar-refractivity contribution in [1.82, 2.24) is 35.1 Å². The van der Waals surface area contributed by atoms with E-state index in [1.807, 2.05) is 24.3 Å². The Morgan fingerprint density at radius 2 is 1.68 bits per heavy atom. The maximum atomic E-state index is 13.2. The molecule has 0 saturated heterocycles. The molecule has 8 heteroatoms. The summed E-state index contributed by atoms with van der Waals surface area (Å²) in [5.74, 6) is 0.923. The molecule has 2 heterocycles. The fraction of sp³-hybridized carbons (Fsp3) is 0.433. The van der Waals surface area contributed by atoms with Crippen molar-refractivity contribution in [2.75, 3.05) is 26.2 Å². The van der Waals surface area contributed by atoms with Gasteiger partial charge in [0.1, 0.15) is 5.82 Å². The number of carbonyl (C=O) groups is 1. The van der Waals surface area contributed by atoms with Crippen LogP contribution in [0.1, 0.15) is 67.1 Å². The fourth-order valence-corrected chi connectivity index (χ4v) is 4.76. The fourth-order valence-electron chi connectivity index (χ4n) is 4.76. The van der Waals surface area contributed by atoms with Crippen molar-refractivity contribution in [3.8, 4) is 0 Å². The highest BCUT2D eigenvalue weighted by Crippen LogP contribution is 2.16. The van der Waals surface area contributed by atoms with Crippen molar-refractivity contribution in [2.24, 2.45) is 0 Å². The van der Waals surface area contributed by atoms with Crippen LogP contribution >= 0.6 is 0 Å². The van der Waals surface area contributed by atoms with E-state index in [1.54, 1.807) is 17.3 Å². The molecule has 0 spiro atoms. The molecule has 202 valence electrons. The number of unbranched alkanes of at least 4 members (excludes halogenated alkanes) is 1. The zero-order valence-corrected chi connectivity index (χ0v) is 22.7. The third kappa shape index (κ3) is 8.00. The largest absolute Gasteiger partial charge is 0.341 e. The Hall–Kier alpha value is -3.49. The molecule has 1 amide bonds. The lowest BCUT2D eigenvalue weighted by molar-refractivity contribution is 0.0714. The van der Waals surface area contributed by atoms with E-state index in [1.165, 1.54) is 50.9 Å². The lowest BCUT2D eigenvalue weighted by atomic mass is 10.1. The number of aromatic amines is 2. The van der Waals surface area contributed by atoms with Gasteiger partial charge < -0.3 is 25.1 Å². The number of carbonyl (C=O) groups excluding carboxylic acids is 1. The number of H-pyrrole nitrogens is 2. The van der Waals surface area contributed by atoms with Gasteiger partial charge in [-0.25, -0.2) is 9.97 Å². The van der Waals surface area contributed by atoms with Gasteiger partial charge >= 0.3 is 0 Å². The van der Waals surface area contributed by atoms with Gasteiger partial charge in [-0.3, -0.25) is 4.79 Å². The van der Waals surface area contributed by atoms with Crippen LogP contribution in [0.4, 0.5) is 0 Å². The van der Waals surface area contributed by atoms with E-state index in [9.17, 15) is 4.79 Å². The number of fused-ring (bicyclic) bond motifs is 1. The lowest BCUT2D eigenvalue weighted by Crippen LogP contribution is -2.31. The summed E-state index contributed by atoms with van der Waals surface area (Å²) in [6.45, 7) is 10.8. The third-order valence-corrected chi connectivity index (χ3v) is 6.65. The first-order chi connectivity index (χ1) is 18.7. The number of para-hydroxylation sites is 2. The first kappa shape index (κ1) is 27.5. The summed E-state index contributed by atoms with van der Waals surface area (Å²) in [6.07, 6.45) is 8.14. The first-order valence-electron chi connectivity index (χ1n) is 13.9. The zero-order chi connectivity index (χ0) is 26.6. The van der Waals surface area contributed by atoms with Gasteiger partial charge in [0.25, 0.3) is 5.91 Å². The Morgan fingerprint density at radius 1 is 0.921 bits per heavy atom. The highest BCUT2D eigenvalue weighted by Gasteiger charge is 2.20. The Balaban J connectivity index is 1.29. The summed E-state index contributed by atoms with van der Waals surface area (Å²) in [5.41, 5.74) is 4.17. The second-order valence-corrected chi connectivity index (χ2v) is 9.84. The van der Waals surface area contributed by atoms with E-state index in [4.69, 9.17) is 0 Å². The van der Waals surface area contributed by atoms with Crippen LogP contribution in [-0.2, 0) is 19.6 Å². The molecule has 38 heavy (non-hydrogen) atoms. The number of amides is 1. The molecule has 0 radical (unpaired) electrons. The van der Waals surface area contributed by atoms with Crippen molar-refractivity contribution < 1.29 is 4.79 Å². The van der Waals surface area contributed by atoms with Gasteiger partial charge in [0.15, 0.2) is 5.82 Å². The van der Waals surface area contributed by atoms with Crippen LogP contribution in [-0.4, -0.2) is 61.8 Å². The van der Waals surface area contributed by atoms with Crippen LogP contribution < -0.4 is 5.32 Å². The molecule has 0 fully saturated rings. The van der Waals surface area contributed by atoms with Crippen molar-refractivity contribution in [1.29, 1.82) is 0 Å². The van der Waals surface area contributed by atoms with Gasteiger partial charge in [-0.05, 0) is 75.1 Å². The molecule has 0 atom stereocenters. The molecule has 0 aliphatic carbocycles. The van der Waals surface area contributed by atoms with Crippen LogP contribution in [0.2, 0.25) is 0 Å². The Kier molecular flexibility index (Phi) is 10.5. The van der Waals surface area contributed by atoms with Crippen LogP contribution in [0, 0.1) is 0 Å². The second kappa shape index (κ2) is 14.4. The van der Waals surface area contributed by atoms with E-state index in [2.05, 4.69) is 68.3 Å². The minimum Gasteiger partial charge on any atom is -0.341 e. The van der Waals surface area contributed by atoms with E-state index in [0.717, 1.165) is 35.5 Å². The Morgan fingerprint density at radius 3 is 2.39 bits per heavy atom. The molecule has 0 bridgehead atoms. The zero-order valence-electron chi connectivity index (χ0n) is 22.7. The predicted molar refractivity (Wildman–Crippen MR) is 153 cm³/mol. The maximum Gasteiger partial charge on any atom is 0.290 e. The van der Waals surface area contributed by atoms with Gasteiger partial charge in [-0.15, -0.1) is 0 Å². The molecule has 3 N–H and O–H groups in total. The molecule has 0 aliphatic rings. The van der Waals surface area contributed by atoms with Crippen LogP contribution in [0.25, 0.3) is 11.0 Å². The van der Waals surface area contributed by atoms with Crippen LogP contribution in [0.3, 0.4) is 0 Å². The van der Waals surface area contributed by atoms with Gasteiger partial charge in [0.2, 0.25) is 0 Å². The Bertz CT molecular complexity index is 1190. The molecule has 2 aromatic heterocycles. The molecule has 4 aromatic rings. The quantitative estimate of drug-likeness (QED) is 0.180. The molecule has 0 unspecified atom stereocenters. The van der Waals surface area contributed by atoms with E-state index >= 15 is 0 Å². The monoisotopic (exact) mass is 515 g/mol. The summed E-state index contributed by atoms with van der Waals surface area (Å²) in [4.78, 5) is 32.7. The van der Waals surface area contributed by atoms with Crippen LogP contribution in [0.15, 0.2) is 60.9 Å². The maximum absolute atomic E-state index is 13.2. The third-order valence-electron chi connectivity index (χ3n) is 6.65. The predicted octanol–water partition coefficient (Wildman–Crippen LogP) is 5.12. The van der Waals surface area contributed by atoms with E-state index in [0.29, 0.717) is 18.9 Å². The smallest absolute Gasteiger partial charge is 0.290 e. The highest BCUT2D eigenvalue weighted by atomic mass is 16.2. The molecule has 4 rings (SSSR count).